The van der Waals surface area contributed by atoms with Gasteiger partial charge in [-0.3, -0.25) is 0 Å². The maximum absolute atomic E-state index is 10.5. The first kappa shape index (κ1) is 96.3. The Hall–Kier alpha value is -15.4. The highest BCUT2D eigenvalue weighted by atomic mass is 16.5. The van der Waals surface area contributed by atoms with Crippen LogP contribution in [0.5, 0.6) is 46.5 Å². The topological polar surface area (TPSA) is 274 Å². The summed E-state index contributed by atoms with van der Waals surface area (Å²) in [6.45, 7) is 20.1. The van der Waals surface area contributed by atoms with Gasteiger partial charge in [-0.05, 0) is 165 Å². The summed E-state index contributed by atoms with van der Waals surface area (Å²) in [7, 11) is 0. The molecule has 4 atom stereocenters. The van der Waals surface area contributed by atoms with Crippen molar-refractivity contribution in [3.05, 3.63) is 291 Å². The predicted molar refractivity (Wildman–Crippen MR) is 563 cm³/mol. The minimum Gasteiger partial charge on any atom is -0.507 e. The van der Waals surface area contributed by atoms with Crippen molar-refractivity contribution in [1.29, 1.82) is 0 Å². The van der Waals surface area contributed by atoms with Crippen molar-refractivity contribution in [2.24, 2.45) is 23.7 Å². The van der Waals surface area contributed by atoms with Crippen LogP contribution in [0.15, 0.2) is 309 Å². The van der Waals surface area contributed by atoms with Gasteiger partial charge < -0.3 is 57.0 Å². The molecular formula is C120H120N8O12. The summed E-state index contributed by atoms with van der Waals surface area (Å²) in [5.41, 5.74) is 15.4. The van der Waals surface area contributed by atoms with E-state index in [9.17, 15) is 20.4 Å². The van der Waals surface area contributed by atoms with Gasteiger partial charge in [-0.25, -0.2) is 19.9 Å². The zero-order chi connectivity index (χ0) is 96.8. The lowest BCUT2D eigenvalue weighted by atomic mass is 10.0. The number of phenolic OH excluding ortho intramolecular Hbond substituents is 4. The number of nitrogens with zero attached hydrogens (tertiary/aromatic N) is 8. The van der Waals surface area contributed by atoms with Crippen LogP contribution in [0.4, 0.5) is 0 Å². The van der Waals surface area contributed by atoms with Crippen LogP contribution in [0.3, 0.4) is 0 Å². The second-order valence-corrected chi connectivity index (χ2v) is 35.8. The molecule has 20 heteroatoms. The minimum atomic E-state index is 0.131. The Kier molecular flexibility index (Phi) is 31.7. The average molecular weight is 1870 g/mol. The third kappa shape index (κ3) is 22.7. The standard InChI is InChI=1S/4C30H30N2O3/c1-3-5-11-20(4-2)19-34-28-18-25(31-30(32-28)24-13-6-8-16-26(24)33)23-15-10-14-22-21-12-7-9-17-27(21)35-29(22)23;1-3-5-11-20(4-2)19-34-28-18-24(31-30(32-28)22-12-6-8-15-25(22)33)21-14-10-17-27-29(21)23-13-7-9-16-26(23)35-27;1-3-5-10-20(4-2)19-34-29-18-25(31-30(32-29)24-12-6-8-13-26(24)33)21-15-16-23-22-11-7-9-14-27(22)35-28(23)17-21;1-3-5-10-20(4-2)19-34-29-18-25(31-30(32-29)23-12-6-8-13-26(23)33)21-15-16-28-24(17-21)22-11-7-9-14-27(22)35-28/h2*6-10,12-18,20,33H,3-5,11,19H2,1-2H3;2*6-9,11-18,20,33H,3-5,10,19H2,1-2H3. The van der Waals surface area contributed by atoms with Crippen LogP contribution in [-0.4, -0.2) is 86.7 Å². The lowest BCUT2D eigenvalue weighted by Gasteiger charge is -2.16. The van der Waals surface area contributed by atoms with Crippen molar-refractivity contribution in [3.8, 4) is 137 Å². The molecule has 0 aliphatic heterocycles. The van der Waals surface area contributed by atoms with Crippen molar-refractivity contribution in [2.45, 2.75) is 158 Å². The average Bonchev–Trinajstić information content (AvgIpc) is 1.60. The molecule has 0 aliphatic rings. The number of aromatic nitrogens is 8. The van der Waals surface area contributed by atoms with Gasteiger partial charge in [0.05, 0.1) is 71.5 Å². The maximum Gasteiger partial charge on any atom is 0.217 e. The third-order valence-corrected chi connectivity index (χ3v) is 26.1. The van der Waals surface area contributed by atoms with Gasteiger partial charge in [-0.2, -0.15) is 19.9 Å². The molecule has 20 nitrogen and oxygen atoms in total. The monoisotopic (exact) mass is 1860 g/mol. The summed E-state index contributed by atoms with van der Waals surface area (Å²) < 4.78 is 49.3. The van der Waals surface area contributed by atoms with E-state index in [0.717, 1.165) is 178 Å². The second-order valence-electron chi connectivity index (χ2n) is 35.8. The van der Waals surface area contributed by atoms with Crippen LogP contribution in [0, 0.1) is 23.7 Å². The Balaban J connectivity index is 0.000000129. The summed E-state index contributed by atoms with van der Waals surface area (Å²) >= 11 is 0. The third-order valence-electron chi connectivity index (χ3n) is 26.1. The molecule has 0 radical (unpaired) electrons. The number of hydrogen-bond acceptors (Lipinski definition) is 20. The van der Waals surface area contributed by atoms with E-state index in [4.69, 9.17) is 56.6 Å². The first-order valence-electron chi connectivity index (χ1n) is 49.5. The zero-order valence-corrected chi connectivity index (χ0v) is 80.8. The molecular weight excluding hydrogens is 1750 g/mol. The highest BCUT2D eigenvalue weighted by molar-refractivity contribution is 6.13. The van der Waals surface area contributed by atoms with E-state index in [0.29, 0.717) is 125 Å². The molecule has 0 saturated heterocycles. The first-order chi connectivity index (χ1) is 68.7. The van der Waals surface area contributed by atoms with E-state index < -0.39 is 0 Å². The Morgan fingerprint density at radius 3 is 0.957 bits per heavy atom. The SMILES string of the molecule is CCCCC(CC)COc1cc(-c2ccc3c(c2)oc2ccccc23)nc(-c2ccccc2O)n1.CCCCC(CC)COc1cc(-c2ccc3oc4ccccc4c3c2)nc(-c2ccccc2O)n1.CCCCC(CC)COc1cc(-c2cccc3c2oc2ccccc23)nc(-c2ccccc2O)n1.CCCCC(CC)COc1cc(-c2cccc3oc4ccccc4c23)nc(-c2ccccc2O)n1. The number of para-hydroxylation sites is 9. The van der Waals surface area contributed by atoms with E-state index in [-0.39, 0.29) is 23.0 Å². The number of phenols is 4. The molecule has 4 unspecified atom stereocenters. The number of ether oxygens (including phenoxy) is 4. The molecule has 20 aromatic rings. The van der Waals surface area contributed by atoms with Crippen molar-refractivity contribution < 1.29 is 57.0 Å². The number of benzene rings is 12. The van der Waals surface area contributed by atoms with E-state index in [2.05, 4.69) is 118 Å². The molecule has 8 heterocycles. The van der Waals surface area contributed by atoms with Crippen LogP contribution < -0.4 is 18.9 Å². The summed E-state index contributed by atoms with van der Waals surface area (Å²) in [4.78, 5) is 38.0. The van der Waals surface area contributed by atoms with Gasteiger partial charge in [0.1, 0.15) is 67.7 Å². The molecule has 0 amide bonds. The summed E-state index contributed by atoms with van der Waals surface area (Å²) in [6.07, 6.45) is 18.3. The lowest BCUT2D eigenvalue weighted by Crippen LogP contribution is -2.12. The molecule has 0 aliphatic carbocycles. The van der Waals surface area contributed by atoms with Crippen LogP contribution >= 0.6 is 0 Å². The molecule has 12 aromatic carbocycles. The molecule has 0 bridgehead atoms. The Morgan fingerprint density at radius 2 is 0.529 bits per heavy atom. The van der Waals surface area contributed by atoms with Gasteiger partial charge >= 0.3 is 0 Å². The predicted octanol–water partition coefficient (Wildman–Crippen LogP) is 32.0. The quantitative estimate of drug-likeness (QED) is 0.0284. The number of rotatable bonds is 36. The van der Waals surface area contributed by atoms with E-state index in [1.807, 2.05) is 200 Å². The van der Waals surface area contributed by atoms with E-state index in [1.165, 1.54) is 51.4 Å². The minimum absolute atomic E-state index is 0.131. The van der Waals surface area contributed by atoms with Crippen molar-refractivity contribution >= 4 is 87.8 Å². The van der Waals surface area contributed by atoms with Crippen molar-refractivity contribution in [3.63, 3.8) is 0 Å². The van der Waals surface area contributed by atoms with Gasteiger partial charge in [0.2, 0.25) is 23.5 Å². The normalized spacial score (nSPS) is 12.3. The fourth-order valence-corrected chi connectivity index (χ4v) is 17.8. The van der Waals surface area contributed by atoms with Crippen LogP contribution in [-0.2, 0) is 0 Å². The second kappa shape index (κ2) is 46.1. The molecule has 20 rings (SSSR count). The highest BCUT2D eigenvalue weighted by Crippen LogP contribution is 2.44. The van der Waals surface area contributed by atoms with Crippen LogP contribution in [0.25, 0.3) is 178 Å². The number of furan rings is 4. The smallest absolute Gasteiger partial charge is 0.217 e. The van der Waals surface area contributed by atoms with Crippen LogP contribution in [0.1, 0.15) is 158 Å². The number of unbranched alkanes of at least 4 members (excludes halogenated alkanes) is 4. The summed E-state index contributed by atoms with van der Waals surface area (Å²) in [6, 6.07) is 92.4. The Bertz CT molecular complexity index is 7580. The largest absolute Gasteiger partial charge is 0.507 e. The molecule has 4 N–H and O–H groups in total. The summed E-state index contributed by atoms with van der Waals surface area (Å²) in [5, 5.41) is 50.3. The van der Waals surface area contributed by atoms with Gasteiger partial charge in [-0.15, -0.1) is 0 Å². The summed E-state index contributed by atoms with van der Waals surface area (Å²) in [5.74, 6) is 6.21. The molecule has 0 fully saturated rings. The fourth-order valence-electron chi connectivity index (χ4n) is 17.8. The lowest BCUT2D eigenvalue weighted by molar-refractivity contribution is 0.226. The number of aromatic hydroxyl groups is 4. The van der Waals surface area contributed by atoms with Crippen molar-refractivity contribution in [1.82, 2.24) is 39.9 Å². The van der Waals surface area contributed by atoms with Crippen molar-refractivity contribution in [2.75, 3.05) is 26.4 Å². The molecule has 712 valence electrons. The highest BCUT2D eigenvalue weighted by Gasteiger charge is 2.25. The number of hydrogen-bond donors (Lipinski definition) is 4. The maximum atomic E-state index is 10.5. The first-order valence-corrected chi connectivity index (χ1v) is 49.5. The van der Waals surface area contributed by atoms with Gasteiger partial charge in [0.25, 0.3) is 0 Å². The van der Waals surface area contributed by atoms with Gasteiger partial charge in [-0.1, -0.05) is 284 Å². The van der Waals surface area contributed by atoms with E-state index >= 15 is 0 Å². The van der Waals surface area contributed by atoms with Crippen LogP contribution in [0.2, 0.25) is 0 Å². The molecule has 0 spiro atoms. The van der Waals surface area contributed by atoms with E-state index in [1.54, 1.807) is 48.5 Å². The van der Waals surface area contributed by atoms with Gasteiger partial charge in [0, 0.05) is 89.6 Å². The number of fused-ring (bicyclic) bond motifs is 12. The zero-order valence-electron chi connectivity index (χ0n) is 80.8. The Morgan fingerprint density at radius 1 is 0.236 bits per heavy atom. The fraction of sp³-hybridized carbons (Fsp3) is 0.267. The molecule has 8 aromatic heterocycles. The molecule has 140 heavy (non-hydrogen) atoms. The Labute approximate surface area is 816 Å². The van der Waals surface area contributed by atoms with Gasteiger partial charge in [0.15, 0.2) is 23.3 Å². The molecule has 0 saturated carbocycles.